The van der Waals surface area contributed by atoms with E-state index in [1.807, 2.05) is 13.8 Å². The van der Waals surface area contributed by atoms with E-state index >= 15 is 0 Å². The van der Waals surface area contributed by atoms with E-state index in [0.29, 0.717) is 29.6 Å². The molecule has 0 spiro atoms. The second-order valence-electron chi connectivity index (χ2n) is 8.36. The molecule has 37 heavy (non-hydrogen) atoms. The molecule has 0 saturated carbocycles. The van der Waals surface area contributed by atoms with Gasteiger partial charge < -0.3 is 20.5 Å². The molecule has 0 aliphatic carbocycles. The number of benzene rings is 1. The van der Waals surface area contributed by atoms with Crippen LogP contribution < -0.4 is 20.3 Å². The zero-order chi connectivity index (χ0) is 27.2. The molecule has 3 N–H and O–H groups in total. The Hall–Kier alpha value is -3.78. The number of hydrogen-bond donors (Lipinski definition) is 3. The number of alkyl halides is 3. The van der Waals surface area contributed by atoms with Crippen LogP contribution in [0, 0.1) is 5.92 Å². The van der Waals surface area contributed by atoms with E-state index in [9.17, 15) is 26.7 Å². The summed E-state index contributed by atoms with van der Waals surface area (Å²) in [5.74, 6) is -0.451. The minimum Gasteiger partial charge on any atom is -0.755 e. The van der Waals surface area contributed by atoms with Gasteiger partial charge in [-0.1, -0.05) is 19.9 Å². The number of halogens is 3. The molecule has 198 valence electrons. The third-order valence-electron chi connectivity index (χ3n) is 4.95. The summed E-state index contributed by atoms with van der Waals surface area (Å²) < 4.78 is 64.3. The summed E-state index contributed by atoms with van der Waals surface area (Å²) in [6.07, 6.45) is -2.33. The van der Waals surface area contributed by atoms with Gasteiger partial charge in [0, 0.05) is 60.6 Å². The molecule has 3 aromatic rings. The lowest BCUT2D eigenvalue weighted by Gasteiger charge is -2.23. The summed E-state index contributed by atoms with van der Waals surface area (Å²) in [7, 11) is 1.27. The van der Waals surface area contributed by atoms with Gasteiger partial charge in [0.2, 0.25) is 11.9 Å². The number of nitrogens with one attached hydrogen (secondary N) is 3. The standard InChI is InChI=1S/C23H26F3N7O3S/c1-14(2)11-19(34)30-16-6-8-17(9-7-16)31-22-29-13-18(23(24,25)26)20(32-22)28-12-15-5-4-10-27-21(15)33(3)37(35)36/h4-10,13-14H,11-12H2,1-3H3,(H,30,34)(H,35,36)(H2,28,29,31,32)/p-1. The Labute approximate surface area is 214 Å². The minimum absolute atomic E-state index is 0.0601. The molecule has 0 saturated heterocycles. The molecule has 1 atom stereocenters. The molecule has 3 rings (SSSR count). The maximum atomic E-state index is 13.6. The van der Waals surface area contributed by atoms with Crippen molar-refractivity contribution in [3.8, 4) is 0 Å². The van der Waals surface area contributed by atoms with E-state index < -0.39 is 28.8 Å². The van der Waals surface area contributed by atoms with Crippen LogP contribution in [0.4, 0.5) is 42.1 Å². The molecule has 0 fully saturated rings. The van der Waals surface area contributed by atoms with Crippen LogP contribution in [0.1, 0.15) is 31.4 Å². The number of hydrogen-bond acceptors (Lipinski definition) is 8. The number of carbonyl (C=O) groups excluding carboxylic acids is 1. The molecule has 10 nitrogen and oxygen atoms in total. The number of anilines is 5. The summed E-state index contributed by atoms with van der Waals surface area (Å²) in [5, 5.41) is 8.22. The lowest BCUT2D eigenvalue weighted by Crippen LogP contribution is -2.23. The predicted molar refractivity (Wildman–Crippen MR) is 134 cm³/mol. The van der Waals surface area contributed by atoms with Gasteiger partial charge in [-0.3, -0.25) is 13.3 Å². The maximum absolute atomic E-state index is 13.6. The van der Waals surface area contributed by atoms with Crippen LogP contribution in [0.3, 0.4) is 0 Å². The smallest absolute Gasteiger partial charge is 0.421 e. The first-order valence-electron chi connectivity index (χ1n) is 11.1. The fourth-order valence-electron chi connectivity index (χ4n) is 3.23. The quantitative estimate of drug-likeness (QED) is 0.323. The van der Waals surface area contributed by atoms with Gasteiger partial charge >= 0.3 is 6.18 Å². The Bertz CT molecular complexity index is 1260. The molecular weight excluding hydrogens is 511 g/mol. The molecule has 1 unspecified atom stereocenters. The van der Waals surface area contributed by atoms with E-state index in [2.05, 4.69) is 30.9 Å². The van der Waals surface area contributed by atoms with Crippen molar-refractivity contribution in [1.29, 1.82) is 0 Å². The summed E-state index contributed by atoms with van der Waals surface area (Å²) in [6.45, 7) is 3.68. The molecular formula is C23H25F3N7O3S-. The molecule has 1 aromatic carbocycles. The second kappa shape index (κ2) is 12.0. The van der Waals surface area contributed by atoms with Crippen molar-refractivity contribution in [2.75, 3.05) is 27.3 Å². The average Bonchev–Trinajstić information content (AvgIpc) is 2.82. The fourth-order valence-corrected chi connectivity index (χ4v) is 3.54. The Kier molecular flexibility index (Phi) is 8.99. The summed E-state index contributed by atoms with van der Waals surface area (Å²) in [4.78, 5) is 23.7. The number of carbonyl (C=O) groups is 1. The molecule has 1 amide bonds. The van der Waals surface area contributed by atoms with E-state index in [1.54, 1.807) is 24.3 Å². The van der Waals surface area contributed by atoms with Gasteiger partial charge in [-0.05, 0) is 36.2 Å². The molecule has 0 aliphatic rings. The van der Waals surface area contributed by atoms with Crippen molar-refractivity contribution in [3.63, 3.8) is 0 Å². The lowest BCUT2D eigenvalue weighted by molar-refractivity contribution is -0.137. The van der Waals surface area contributed by atoms with Crippen LogP contribution in [0.15, 0.2) is 48.8 Å². The van der Waals surface area contributed by atoms with E-state index in [1.165, 1.54) is 25.4 Å². The van der Waals surface area contributed by atoms with Crippen LogP contribution in [0.2, 0.25) is 0 Å². The highest BCUT2D eigenvalue weighted by Crippen LogP contribution is 2.34. The largest absolute Gasteiger partial charge is 0.755 e. The normalized spacial score (nSPS) is 12.2. The predicted octanol–water partition coefficient (Wildman–Crippen LogP) is 4.46. The molecule has 0 radical (unpaired) electrons. The Morgan fingerprint density at radius 2 is 1.81 bits per heavy atom. The number of amides is 1. The first kappa shape index (κ1) is 27.8. The SMILES string of the molecule is CC(C)CC(=O)Nc1ccc(Nc2ncc(C(F)(F)F)c(NCc3cccnc3N(C)S(=O)[O-])n2)cc1. The van der Waals surface area contributed by atoms with Gasteiger partial charge in [0.1, 0.15) is 17.2 Å². The van der Waals surface area contributed by atoms with Crippen molar-refractivity contribution in [2.45, 2.75) is 33.0 Å². The molecule has 0 bridgehead atoms. The number of rotatable bonds is 10. The van der Waals surface area contributed by atoms with Crippen LogP contribution in [-0.2, 0) is 28.8 Å². The second-order valence-corrected chi connectivity index (χ2v) is 9.34. The number of aromatic nitrogens is 3. The van der Waals surface area contributed by atoms with Gasteiger partial charge in [0.25, 0.3) is 0 Å². The van der Waals surface area contributed by atoms with Gasteiger partial charge in [0.15, 0.2) is 0 Å². The summed E-state index contributed by atoms with van der Waals surface area (Å²) >= 11 is -2.62. The van der Waals surface area contributed by atoms with Crippen molar-refractivity contribution >= 4 is 46.1 Å². The first-order valence-corrected chi connectivity index (χ1v) is 12.1. The Morgan fingerprint density at radius 3 is 2.43 bits per heavy atom. The van der Waals surface area contributed by atoms with Crippen molar-refractivity contribution in [1.82, 2.24) is 15.0 Å². The molecule has 0 aliphatic heterocycles. The lowest BCUT2D eigenvalue weighted by atomic mass is 10.1. The maximum Gasteiger partial charge on any atom is 0.421 e. The zero-order valence-electron chi connectivity index (χ0n) is 20.2. The van der Waals surface area contributed by atoms with Crippen molar-refractivity contribution < 1.29 is 26.7 Å². The van der Waals surface area contributed by atoms with Gasteiger partial charge in [-0.2, -0.15) is 18.2 Å². The van der Waals surface area contributed by atoms with Crippen LogP contribution in [0.25, 0.3) is 0 Å². The highest BCUT2D eigenvalue weighted by atomic mass is 32.2. The number of pyridine rings is 1. The fraction of sp³-hybridized carbons (Fsp3) is 0.304. The third kappa shape index (κ3) is 7.85. The van der Waals surface area contributed by atoms with Crippen LogP contribution in [-0.4, -0.2) is 36.7 Å². The monoisotopic (exact) mass is 536 g/mol. The topological polar surface area (TPSA) is 135 Å². The van der Waals surface area contributed by atoms with Gasteiger partial charge in [-0.25, -0.2) is 9.97 Å². The van der Waals surface area contributed by atoms with Gasteiger partial charge in [-0.15, -0.1) is 0 Å². The van der Waals surface area contributed by atoms with E-state index in [0.717, 1.165) is 4.31 Å². The average molecular weight is 537 g/mol. The summed E-state index contributed by atoms with van der Waals surface area (Å²) in [6, 6.07) is 9.61. The highest BCUT2D eigenvalue weighted by Gasteiger charge is 2.35. The van der Waals surface area contributed by atoms with E-state index in [4.69, 9.17) is 0 Å². The Balaban J connectivity index is 1.79. The zero-order valence-corrected chi connectivity index (χ0v) is 21.0. The number of nitrogens with zero attached hydrogens (tertiary/aromatic N) is 4. The highest BCUT2D eigenvalue weighted by molar-refractivity contribution is 7.80. The summed E-state index contributed by atoms with van der Waals surface area (Å²) in [5.41, 5.74) is 0.308. The first-order chi connectivity index (χ1) is 17.4. The van der Waals surface area contributed by atoms with Crippen molar-refractivity contribution in [3.05, 3.63) is 59.9 Å². The molecule has 2 heterocycles. The minimum atomic E-state index is -4.73. The molecule has 14 heteroatoms. The Morgan fingerprint density at radius 1 is 1.14 bits per heavy atom. The van der Waals surface area contributed by atoms with Crippen LogP contribution in [0.5, 0.6) is 0 Å². The van der Waals surface area contributed by atoms with E-state index in [-0.39, 0.29) is 30.1 Å². The third-order valence-corrected chi connectivity index (χ3v) is 5.57. The van der Waals surface area contributed by atoms with Crippen molar-refractivity contribution in [2.24, 2.45) is 5.92 Å². The van der Waals surface area contributed by atoms with Crippen LogP contribution >= 0.6 is 0 Å². The molecule has 2 aromatic heterocycles. The van der Waals surface area contributed by atoms with Gasteiger partial charge in [0.05, 0.1) is 0 Å².